The van der Waals surface area contributed by atoms with E-state index in [-0.39, 0.29) is 35.1 Å². The van der Waals surface area contributed by atoms with Gasteiger partial charge in [-0.05, 0) is 13.0 Å². The zero-order valence-electron chi connectivity index (χ0n) is 15.3. The SMILES string of the molecule is C[C@H]1C[C@H](O)[C@H](O)[C@]2(O1)O[C@@H]1CC(=O)O[C@@H]1C1=C2C(=O)c2c(O)cccc2C1=O. The van der Waals surface area contributed by atoms with Crippen LogP contribution >= 0.6 is 0 Å². The summed E-state index contributed by atoms with van der Waals surface area (Å²) < 4.78 is 17.1. The van der Waals surface area contributed by atoms with Gasteiger partial charge in [0.15, 0.2) is 17.7 Å². The van der Waals surface area contributed by atoms with Crippen LogP contribution in [0.25, 0.3) is 0 Å². The van der Waals surface area contributed by atoms with Gasteiger partial charge in [0.2, 0.25) is 5.79 Å². The molecule has 0 amide bonds. The van der Waals surface area contributed by atoms with E-state index in [4.69, 9.17) is 14.2 Å². The molecule has 0 radical (unpaired) electrons. The second kappa shape index (κ2) is 5.96. The van der Waals surface area contributed by atoms with Crippen LogP contribution in [0, 0.1) is 0 Å². The van der Waals surface area contributed by atoms with Crippen LogP contribution in [0.15, 0.2) is 29.3 Å². The standard InChI is InChI=1S/C20H18O9/c1-7-5-10(22)19(26)20(28-7)15-14(18-11(29-20)6-12(23)27-18)16(24)8-3-2-4-9(21)13(8)17(15)25/h2-4,7,10-11,18-19,21-22,26H,5-6H2,1H3/t7-,10-,11+,18-,19-,20+/m0/s1. The highest BCUT2D eigenvalue weighted by molar-refractivity contribution is 6.29. The number of aromatic hydroxyl groups is 1. The highest BCUT2D eigenvalue weighted by Gasteiger charge is 2.64. The first-order valence-corrected chi connectivity index (χ1v) is 9.32. The molecule has 1 aromatic rings. The van der Waals surface area contributed by atoms with Crippen LogP contribution in [-0.2, 0) is 19.0 Å². The van der Waals surface area contributed by atoms with Crippen LogP contribution in [0.2, 0.25) is 0 Å². The minimum absolute atomic E-state index is 0.0357. The average Bonchev–Trinajstić information content (AvgIpc) is 3.02. The van der Waals surface area contributed by atoms with E-state index < -0.39 is 59.6 Å². The highest BCUT2D eigenvalue weighted by atomic mass is 16.7. The summed E-state index contributed by atoms with van der Waals surface area (Å²) in [5.41, 5.74) is -0.766. The molecule has 6 atom stereocenters. The summed E-state index contributed by atoms with van der Waals surface area (Å²) in [7, 11) is 0. The third-order valence-electron chi connectivity index (χ3n) is 5.88. The van der Waals surface area contributed by atoms with Crippen molar-refractivity contribution in [2.45, 2.75) is 56.1 Å². The second-order valence-electron chi connectivity index (χ2n) is 7.76. The normalized spacial score (nSPS) is 38.6. The Morgan fingerprint density at radius 2 is 1.86 bits per heavy atom. The molecule has 1 aliphatic carbocycles. The first kappa shape index (κ1) is 18.4. The molecular weight excluding hydrogens is 384 g/mol. The predicted molar refractivity (Wildman–Crippen MR) is 93.1 cm³/mol. The van der Waals surface area contributed by atoms with Gasteiger partial charge in [-0.2, -0.15) is 0 Å². The quantitative estimate of drug-likeness (QED) is 0.512. The number of hydrogen-bond acceptors (Lipinski definition) is 9. The first-order chi connectivity index (χ1) is 13.7. The van der Waals surface area contributed by atoms with E-state index in [0.717, 1.165) is 0 Å². The Bertz CT molecular complexity index is 996. The number of hydrogen-bond donors (Lipinski definition) is 3. The van der Waals surface area contributed by atoms with Gasteiger partial charge < -0.3 is 29.5 Å². The van der Waals surface area contributed by atoms with Crippen LogP contribution in [-0.4, -0.2) is 69.2 Å². The Morgan fingerprint density at radius 1 is 1.10 bits per heavy atom. The molecule has 5 rings (SSSR count). The van der Waals surface area contributed by atoms with Crippen molar-refractivity contribution < 1.29 is 43.9 Å². The molecule has 152 valence electrons. The number of Topliss-reactive ketones (excluding diaryl/α,β-unsaturated/α-hetero) is 2. The summed E-state index contributed by atoms with van der Waals surface area (Å²) in [6.45, 7) is 1.63. The molecule has 3 aliphatic heterocycles. The van der Waals surface area contributed by atoms with Crippen molar-refractivity contribution in [1.29, 1.82) is 0 Å². The van der Waals surface area contributed by atoms with Gasteiger partial charge in [0.25, 0.3) is 0 Å². The van der Waals surface area contributed by atoms with Crippen molar-refractivity contribution in [2.75, 3.05) is 0 Å². The number of ether oxygens (including phenoxy) is 3. The minimum Gasteiger partial charge on any atom is -0.507 e. The maximum Gasteiger partial charge on any atom is 0.309 e. The summed E-state index contributed by atoms with van der Waals surface area (Å²) in [6.07, 6.45) is -5.82. The number of phenolic OH excluding ortho intramolecular Hbond substituents is 1. The number of esters is 1. The van der Waals surface area contributed by atoms with Crippen LogP contribution in [0.5, 0.6) is 5.75 Å². The number of rotatable bonds is 0. The van der Waals surface area contributed by atoms with Gasteiger partial charge in [0, 0.05) is 12.0 Å². The summed E-state index contributed by atoms with van der Waals surface area (Å²) >= 11 is 0. The number of carbonyl (C=O) groups is 3. The van der Waals surface area contributed by atoms with E-state index in [1.165, 1.54) is 18.2 Å². The number of ketones is 2. The zero-order valence-corrected chi connectivity index (χ0v) is 15.3. The van der Waals surface area contributed by atoms with Crippen molar-refractivity contribution in [2.24, 2.45) is 0 Å². The van der Waals surface area contributed by atoms with Crippen LogP contribution in [0.1, 0.15) is 40.5 Å². The van der Waals surface area contributed by atoms with E-state index in [1.807, 2.05) is 0 Å². The Balaban J connectivity index is 1.80. The number of benzene rings is 1. The summed E-state index contributed by atoms with van der Waals surface area (Å²) in [4.78, 5) is 38.7. The molecule has 0 bridgehead atoms. The van der Waals surface area contributed by atoms with E-state index in [2.05, 4.69) is 0 Å². The molecule has 2 saturated heterocycles. The van der Waals surface area contributed by atoms with Gasteiger partial charge in [-0.3, -0.25) is 14.4 Å². The number of phenols is 1. The molecule has 1 aromatic carbocycles. The minimum atomic E-state index is -2.16. The average molecular weight is 402 g/mol. The van der Waals surface area contributed by atoms with Crippen LogP contribution < -0.4 is 0 Å². The van der Waals surface area contributed by atoms with Gasteiger partial charge in [0.1, 0.15) is 18.0 Å². The molecule has 0 saturated carbocycles. The molecule has 0 aromatic heterocycles. The number of carbonyl (C=O) groups excluding carboxylic acids is 3. The number of aliphatic hydroxyl groups is 2. The Kier molecular flexibility index (Phi) is 3.79. The molecule has 9 nitrogen and oxygen atoms in total. The van der Waals surface area contributed by atoms with Crippen LogP contribution in [0.4, 0.5) is 0 Å². The van der Waals surface area contributed by atoms with Crippen molar-refractivity contribution in [3.63, 3.8) is 0 Å². The molecule has 3 heterocycles. The third-order valence-corrected chi connectivity index (χ3v) is 5.88. The molecule has 29 heavy (non-hydrogen) atoms. The molecule has 3 N–H and O–H groups in total. The maximum absolute atomic E-state index is 13.5. The summed E-state index contributed by atoms with van der Waals surface area (Å²) in [5.74, 6) is -4.60. The monoisotopic (exact) mass is 402 g/mol. The second-order valence-corrected chi connectivity index (χ2v) is 7.76. The fraction of sp³-hybridized carbons (Fsp3) is 0.450. The summed E-state index contributed by atoms with van der Waals surface area (Å²) in [6, 6.07) is 4.08. The third kappa shape index (κ3) is 2.32. The topological polar surface area (TPSA) is 140 Å². The van der Waals surface area contributed by atoms with Gasteiger partial charge in [0.05, 0.1) is 35.3 Å². The van der Waals surface area contributed by atoms with Gasteiger partial charge >= 0.3 is 5.97 Å². The fourth-order valence-corrected chi connectivity index (χ4v) is 4.70. The number of fused-ring (bicyclic) bond motifs is 4. The summed E-state index contributed by atoms with van der Waals surface area (Å²) in [5, 5.41) is 31.5. The number of aliphatic hydroxyl groups excluding tert-OH is 2. The Labute approximate surface area is 164 Å². The van der Waals surface area contributed by atoms with Crippen molar-refractivity contribution in [1.82, 2.24) is 0 Å². The van der Waals surface area contributed by atoms with Gasteiger partial charge in [-0.25, -0.2) is 0 Å². The Morgan fingerprint density at radius 3 is 2.62 bits per heavy atom. The lowest BCUT2D eigenvalue weighted by Gasteiger charge is -2.51. The van der Waals surface area contributed by atoms with Crippen LogP contribution in [0.3, 0.4) is 0 Å². The molecule has 0 unspecified atom stereocenters. The van der Waals surface area contributed by atoms with Gasteiger partial charge in [-0.1, -0.05) is 12.1 Å². The van der Waals surface area contributed by atoms with E-state index >= 15 is 0 Å². The van der Waals surface area contributed by atoms with E-state index in [9.17, 15) is 29.7 Å². The zero-order chi connectivity index (χ0) is 20.7. The van der Waals surface area contributed by atoms with E-state index in [0.29, 0.717) is 0 Å². The molecule has 1 spiro atoms. The van der Waals surface area contributed by atoms with Gasteiger partial charge in [-0.15, -0.1) is 0 Å². The maximum atomic E-state index is 13.5. The first-order valence-electron chi connectivity index (χ1n) is 9.32. The van der Waals surface area contributed by atoms with Crippen molar-refractivity contribution in [3.8, 4) is 5.75 Å². The lowest BCUT2D eigenvalue weighted by Crippen LogP contribution is -2.66. The van der Waals surface area contributed by atoms with Crippen molar-refractivity contribution in [3.05, 3.63) is 40.5 Å². The Hall–Kier alpha value is -2.59. The highest BCUT2D eigenvalue weighted by Crippen LogP contribution is 2.50. The lowest BCUT2D eigenvalue weighted by atomic mass is 9.73. The molecule has 2 fully saturated rings. The smallest absolute Gasteiger partial charge is 0.309 e. The van der Waals surface area contributed by atoms with E-state index in [1.54, 1.807) is 6.92 Å². The van der Waals surface area contributed by atoms with Crippen molar-refractivity contribution >= 4 is 17.5 Å². The largest absolute Gasteiger partial charge is 0.507 e. The predicted octanol–water partition coefficient (Wildman–Crippen LogP) is 0.00900. The molecular formula is C20H18O9. The lowest BCUT2D eigenvalue weighted by molar-refractivity contribution is -0.336. The molecule has 4 aliphatic rings. The molecule has 9 heteroatoms. The fourth-order valence-electron chi connectivity index (χ4n) is 4.70.